The molecule has 1 amide bonds. The van der Waals surface area contributed by atoms with Crippen LogP contribution in [0.5, 0.6) is 34.5 Å². The van der Waals surface area contributed by atoms with Crippen molar-refractivity contribution in [2.75, 3.05) is 52.3 Å². The molecule has 0 bridgehead atoms. The fourth-order valence-electron chi connectivity index (χ4n) is 9.54. The lowest BCUT2D eigenvalue weighted by Gasteiger charge is -2.38. The molecule has 7 N–H and O–H groups in total. The van der Waals surface area contributed by atoms with Crippen LogP contribution in [0.4, 0.5) is 10.5 Å². The Morgan fingerprint density at radius 1 is 0.671 bits per heavy atom. The third-order valence-corrected chi connectivity index (χ3v) is 15.3. The van der Waals surface area contributed by atoms with E-state index in [0.29, 0.717) is 47.9 Å². The number of anilines is 1. The van der Waals surface area contributed by atoms with Crippen LogP contribution in [0.3, 0.4) is 0 Å². The molecule has 2 atom stereocenters. The Bertz CT molecular complexity index is 3470. The van der Waals surface area contributed by atoms with E-state index in [1.54, 1.807) is 96.7 Å². The monoisotopic (exact) mass is 1180 g/mol. The summed E-state index contributed by atoms with van der Waals surface area (Å²) in [5.74, 6) is 9.64. The van der Waals surface area contributed by atoms with Crippen LogP contribution in [0.15, 0.2) is 158 Å². The number of amides is 1. The van der Waals surface area contributed by atoms with E-state index in [0.717, 1.165) is 80.6 Å². The van der Waals surface area contributed by atoms with Crippen LogP contribution < -0.4 is 50.7 Å². The van der Waals surface area contributed by atoms with Crippen LogP contribution in [0, 0.1) is 19.3 Å². The van der Waals surface area contributed by atoms with Gasteiger partial charge in [-0.25, -0.2) is 19.1 Å². The van der Waals surface area contributed by atoms with Gasteiger partial charge in [-0.2, -0.15) is 0 Å². The topological polar surface area (TPSA) is 236 Å². The molecule has 18 heteroatoms. The van der Waals surface area contributed by atoms with Gasteiger partial charge in [0.15, 0.2) is 23.0 Å². The maximum Gasteiger partial charge on any atom is 0.410 e. The number of benzene rings is 7. The average molecular weight is 1180 g/mol. The Balaban J connectivity index is 0.000000264. The molecule has 0 radical (unpaired) electrons. The maximum atomic E-state index is 13.6. The van der Waals surface area contributed by atoms with Gasteiger partial charge in [0.25, 0.3) is 0 Å². The Kier molecular flexibility index (Phi) is 24.7. The number of rotatable bonds is 16. The molecule has 7 aromatic carbocycles. The van der Waals surface area contributed by atoms with Gasteiger partial charge in [0.05, 0.1) is 52.0 Å². The van der Waals surface area contributed by atoms with Crippen molar-refractivity contribution in [3.63, 3.8) is 0 Å². The molecule has 0 saturated heterocycles. The summed E-state index contributed by atoms with van der Waals surface area (Å²) in [6.07, 6.45) is 5.96. The van der Waals surface area contributed by atoms with E-state index >= 15 is 0 Å². The van der Waals surface area contributed by atoms with Gasteiger partial charge in [-0.3, -0.25) is 20.1 Å². The number of ether oxygens (including phenoxy) is 7. The predicted molar refractivity (Wildman–Crippen MR) is 338 cm³/mol. The van der Waals surface area contributed by atoms with Crippen LogP contribution in [0.2, 0.25) is 0 Å². The number of hydrogen-bond donors (Lipinski definition) is 4. The number of nitrogens with two attached hydrogens (primary N) is 1. The molecule has 2 heterocycles. The van der Waals surface area contributed by atoms with Gasteiger partial charge in [-0.05, 0) is 164 Å². The summed E-state index contributed by atoms with van der Waals surface area (Å²) in [6, 6.07) is 46.7. The fourth-order valence-corrected chi connectivity index (χ4v) is 10.9. The molecule has 0 saturated carbocycles. The van der Waals surface area contributed by atoms with Crippen molar-refractivity contribution in [2.45, 2.75) is 85.8 Å². The quantitative estimate of drug-likeness (QED) is 0.0231. The number of nitrogens with one attached hydrogen (secondary N) is 2. The van der Waals surface area contributed by atoms with Gasteiger partial charge in [0.1, 0.15) is 36.6 Å². The summed E-state index contributed by atoms with van der Waals surface area (Å²) in [5, 5.41) is 12.1. The van der Waals surface area contributed by atoms with E-state index in [2.05, 4.69) is 60.8 Å². The highest BCUT2D eigenvalue weighted by molar-refractivity contribution is 8.06. The zero-order valence-corrected chi connectivity index (χ0v) is 50.2. The van der Waals surface area contributed by atoms with E-state index in [1.165, 1.54) is 23.1 Å². The summed E-state index contributed by atoms with van der Waals surface area (Å²) in [7, 11) is 2.23. The molecule has 9 rings (SSSR count). The number of hydrogen-bond acceptors (Lipinski definition) is 15. The molecule has 0 spiro atoms. The van der Waals surface area contributed by atoms with E-state index < -0.39 is 38.5 Å². The van der Waals surface area contributed by atoms with Gasteiger partial charge in [-0.15, -0.1) is 0 Å². The number of hydrazine groups is 1. The second kappa shape index (κ2) is 31.3. The number of carbonyl (C=O) groups excluding carboxylic acids is 2. The van der Waals surface area contributed by atoms with Gasteiger partial charge in [0, 0.05) is 18.7 Å². The second-order valence-electron chi connectivity index (χ2n) is 20.8. The number of amidine groups is 1. The first-order chi connectivity index (χ1) is 39.8. The van der Waals surface area contributed by atoms with E-state index in [9.17, 15) is 18.0 Å². The van der Waals surface area contributed by atoms with Gasteiger partial charge in [0.2, 0.25) is 15.0 Å². The highest BCUT2D eigenvalue weighted by Gasteiger charge is 2.39. The molecule has 0 fully saturated rings. The lowest BCUT2D eigenvalue weighted by atomic mass is 9.93. The molecule has 2 aliphatic heterocycles. The second-order valence-corrected chi connectivity index (χ2v) is 22.8. The molecule has 17 nitrogen and oxygen atoms in total. The van der Waals surface area contributed by atoms with Crippen molar-refractivity contribution < 1.29 is 51.2 Å². The number of methoxy groups -OCH3 is 4. The van der Waals surface area contributed by atoms with Crippen molar-refractivity contribution in [3.05, 3.63) is 213 Å². The molecule has 85 heavy (non-hydrogen) atoms. The average Bonchev–Trinajstić information content (AvgIpc) is 1.86. The number of para-hydroxylation sites is 1. The van der Waals surface area contributed by atoms with Crippen molar-refractivity contribution in [2.24, 2.45) is 5.84 Å². The molecule has 452 valence electrons. The SMILES string of the molecule is C.COc1cc2c(cc1OCc1ccccc1)CCN(C(=O)OC(C)(C)C)C2CS(=O)(=O)C(=N)N(N)c1ccccc1.COc1ccc(/C=C/C2NCCc3cc(OCc4ccccc4)c(OC)cc32)cc1C.COc1ccc(C=O)cc1C.N. The molecule has 0 aliphatic carbocycles. The minimum absolute atomic E-state index is 0. The summed E-state index contributed by atoms with van der Waals surface area (Å²) < 4.78 is 66.6. The largest absolute Gasteiger partial charge is 0.496 e. The number of carbonyl (C=O) groups is 2. The lowest BCUT2D eigenvalue weighted by Crippen LogP contribution is -2.48. The van der Waals surface area contributed by atoms with E-state index in [1.807, 2.05) is 67.6 Å². The fraction of sp³-hybridized carbons (Fsp3) is 0.299. The summed E-state index contributed by atoms with van der Waals surface area (Å²) >= 11 is 0. The number of aldehydes is 1. The summed E-state index contributed by atoms with van der Waals surface area (Å²) in [5.41, 5.74) is 9.54. The van der Waals surface area contributed by atoms with Crippen LogP contribution >= 0.6 is 0 Å². The first-order valence-electron chi connectivity index (χ1n) is 27.2. The third-order valence-electron chi connectivity index (χ3n) is 13.8. The first-order valence-corrected chi connectivity index (χ1v) is 28.8. The minimum atomic E-state index is -4.27. The lowest BCUT2D eigenvalue weighted by molar-refractivity contribution is 0.0162. The molecular formula is C67H82N6O11S. The van der Waals surface area contributed by atoms with Gasteiger partial charge in [-0.1, -0.05) is 105 Å². The summed E-state index contributed by atoms with van der Waals surface area (Å²) in [6.45, 7) is 11.2. The maximum absolute atomic E-state index is 13.6. The molecule has 7 aromatic rings. The number of fused-ring (bicyclic) bond motifs is 2. The molecule has 2 unspecified atom stereocenters. The van der Waals surface area contributed by atoms with E-state index in [4.69, 9.17) is 44.4 Å². The highest BCUT2D eigenvalue weighted by atomic mass is 32.2. The predicted octanol–water partition coefficient (Wildman–Crippen LogP) is 12.9. The Hall–Kier alpha value is -8.68. The van der Waals surface area contributed by atoms with Crippen molar-refractivity contribution in [1.82, 2.24) is 16.4 Å². The normalized spacial score (nSPS) is 14.1. The van der Waals surface area contributed by atoms with Crippen molar-refractivity contribution in [3.8, 4) is 34.5 Å². The van der Waals surface area contributed by atoms with Crippen molar-refractivity contribution in [1.29, 1.82) is 5.41 Å². The zero-order valence-electron chi connectivity index (χ0n) is 49.3. The third kappa shape index (κ3) is 18.2. The zero-order chi connectivity index (χ0) is 59.7. The Morgan fingerprint density at radius 2 is 1.15 bits per heavy atom. The van der Waals surface area contributed by atoms with Crippen LogP contribution in [-0.4, -0.2) is 83.7 Å². The van der Waals surface area contributed by atoms with Crippen LogP contribution in [0.25, 0.3) is 6.08 Å². The van der Waals surface area contributed by atoms with Gasteiger partial charge >= 0.3 is 6.09 Å². The smallest absolute Gasteiger partial charge is 0.410 e. The van der Waals surface area contributed by atoms with Crippen molar-refractivity contribution >= 4 is 39.1 Å². The number of sulfone groups is 1. The molecule has 0 aromatic heterocycles. The van der Waals surface area contributed by atoms with Gasteiger partial charge < -0.3 is 44.6 Å². The Labute approximate surface area is 501 Å². The Morgan fingerprint density at radius 3 is 1.65 bits per heavy atom. The molecular weight excluding hydrogens is 1100 g/mol. The summed E-state index contributed by atoms with van der Waals surface area (Å²) in [4.78, 5) is 25.0. The first kappa shape index (κ1) is 67.1. The number of aryl methyl sites for hydroxylation is 2. The highest BCUT2D eigenvalue weighted by Crippen LogP contribution is 2.41. The minimum Gasteiger partial charge on any atom is -0.496 e. The van der Waals surface area contributed by atoms with Crippen LogP contribution in [0.1, 0.15) is 101 Å². The van der Waals surface area contributed by atoms with E-state index in [-0.39, 0.29) is 26.2 Å². The standard InChI is InChI=1S/C30H36N4O6S.C27H29NO3.C9H10O2.CH4.H3N/c1-30(2,3)40-29(35)33-16-15-22-17-27(39-19-21-11-7-5-8-12-21)26(38-4)18-24(22)25(33)20-41(36,37)28(31)34(32)23-13-9-6-10-14-23;1-19-15-20(10-12-25(19)29-2)9-11-24-23-17-26(30-3)27(16-22(23)13-14-28-24)31-18-21-7-5-4-6-8-21;1-7-5-8(6-10)3-4-9(7)11-2;;/h5-14,17-18,25,31H,15-16,19-20,32H2,1-4H3;4-12,15-17,24,28H,13-14,18H2,1-3H3;3-6H,1-2H3;1H4;1H3/b;11-9+;;;. The van der Waals surface area contributed by atoms with Crippen LogP contribution in [-0.2, 0) is 40.6 Å². The molecule has 2 aliphatic rings. The number of nitrogens with zero attached hydrogens (tertiary/aromatic N) is 2.